The molecule has 0 radical (unpaired) electrons. The van der Waals surface area contributed by atoms with E-state index in [9.17, 15) is 4.79 Å². The Morgan fingerprint density at radius 3 is 2.38 bits per heavy atom. The van der Waals surface area contributed by atoms with Crippen LogP contribution in [0.5, 0.6) is 0 Å². The zero-order valence-electron chi connectivity index (χ0n) is 13.5. The highest BCUT2D eigenvalue weighted by molar-refractivity contribution is 6.74. The molecule has 6 heteroatoms. The number of carbonyl (C=O) groups excluding carboxylic acids is 1. The zero-order valence-corrected chi connectivity index (χ0v) is 16.0. The summed E-state index contributed by atoms with van der Waals surface area (Å²) >= 11 is 12.5. The predicted octanol–water partition coefficient (Wildman–Crippen LogP) is 3.89. The van der Waals surface area contributed by atoms with E-state index in [1.54, 1.807) is 0 Å². The maximum Gasteiger partial charge on any atom is 0.192 e. The summed E-state index contributed by atoms with van der Waals surface area (Å²) in [4.78, 5) is 12.3. The topological polar surface area (TPSA) is 35.5 Å². The summed E-state index contributed by atoms with van der Waals surface area (Å²) in [6.45, 7) is 13.0. The van der Waals surface area contributed by atoms with Crippen LogP contribution >= 0.6 is 23.2 Å². The van der Waals surface area contributed by atoms with Gasteiger partial charge in [-0.3, -0.25) is 4.79 Å². The fourth-order valence-electron chi connectivity index (χ4n) is 2.37. The van der Waals surface area contributed by atoms with E-state index in [-0.39, 0.29) is 10.8 Å². The normalized spacial score (nSPS) is 39.9. The Kier molecular flexibility index (Phi) is 4.22. The lowest BCUT2D eigenvalue weighted by molar-refractivity contribution is -0.154. The SMILES string of the molecule is CC12C=CC(CO[Si](C)(C)C(C)(C)C)(O1)C(Cl)C(=O)C2Cl. The molecule has 0 amide bonds. The van der Waals surface area contributed by atoms with E-state index in [0.29, 0.717) is 6.61 Å². The minimum absolute atomic E-state index is 0.0881. The van der Waals surface area contributed by atoms with Crippen molar-refractivity contribution >= 4 is 37.3 Å². The Balaban J connectivity index is 2.21. The van der Waals surface area contributed by atoms with Gasteiger partial charge in [-0.05, 0) is 31.1 Å². The van der Waals surface area contributed by atoms with Crippen LogP contribution in [-0.4, -0.2) is 42.7 Å². The minimum atomic E-state index is -1.94. The van der Waals surface area contributed by atoms with Gasteiger partial charge in [0, 0.05) is 0 Å². The van der Waals surface area contributed by atoms with E-state index < -0.39 is 30.3 Å². The fraction of sp³-hybridized carbons (Fsp3) is 0.800. The number of hydrogen-bond acceptors (Lipinski definition) is 3. The molecule has 2 heterocycles. The highest BCUT2D eigenvalue weighted by Crippen LogP contribution is 2.47. The van der Waals surface area contributed by atoms with Crippen LogP contribution in [0.25, 0.3) is 0 Å². The fourth-order valence-corrected chi connectivity index (χ4v) is 4.00. The quantitative estimate of drug-likeness (QED) is 0.440. The molecule has 0 aromatic carbocycles. The molecular formula is C15H24Cl2O3Si. The van der Waals surface area contributed by atoms with Crippen molar-refractivity contribution in [1.82, 2.24) is 0 Å². The minimum Gasteiger partial charge on any atom is -0.413 e. The zero-order chi connectivity index (χ0) is 16.3. The number of ether oxygens (including phenoxy) is 1. The Morgan fingerprint density at radius 2 is 1.86 bits per heavy atom. The van der Waals surface area contributed by atoms with Gasteiger partial charge in [-0.25, -0.2) is 0 Å². The number of carbonyl (C=O) groups is 1. The molecule has 4 unspecified atom stereocenters. The molecule has 2 aliphatic heterocycles. The average Bonchev–Trinajstić information content (AvgIpc) is 2.69. The van der Waals surface area contributed by atoms with E-state index in [1.165, 1.54) is 0 Å². The number of fused-ring (bicyclic) bond motifs is 2. The molecule has 4 atom stereocenters. The number of ketones is 1. The van der Waals surface area contributed by atoms with Gasteiger partial charge in [-0.15, -0.1) is 23.2 Å². The molecule has 1 fully saturated rings. The van der Waals surface area contributed by atoms with E-state index >= 15 is 0 Å². The van der Waals surface area contributed by atoms with Crippen LogP contribution in [0.3, 0.4) is 0 Å². The first-order valence-corrected chi connectivity index (χ1v) is 11.0. The molecule has 120 valence electrons. The summed E-state index contributed by atoms with van der Waals surface area (Å²) in [6.07, 6.45) is 3.71. The second kappa shape index (κ2) is 5.07. The van der Waals surface area contributed by atoms with Crippen LogP contribution in [0.4, 0.5) is 0 Å². The number of Topliss-reactive ketones (excluding diaryl/α,β-unsaturated/α-hetero) is 1. The van der Waals surface area contributed by atoms with Crippen molar-refractivity contribution in [3.05, 3.63) is 12.2 Å². The molecule has 0 spiro atoms. The van der Waals surface area contributed by atoms with Gasteiger partial charge in [0.1, 0.15) is 22.0 Å². The first-order chi connectivity index (χ1) is 9.35. The third kappa shape index (κ3) is 2.74. The highest BCUT2D eigenvalue weighted by Gasteiger charge is 2.60. The molecule has 0 aliphatic carbocycles. The number of rotatable bonds is 3. The number of alkyl halides is 2. The van der Waals surface area contributed by atoms with Gasteiger partial charge in [0.05, 0.1) is 6.61 Å². The smallest absolute Gasteiger partial charge is 0.192 e. The first kappa shape index (κ1) is 17.5. The third-order valence-corrected chi connectivity index (χ3v) is 10.7. The molecule has 21 heavy (non-hydrogen) atoms. The highest BCUT2D eigenvalue weighted by atomic mass is 35.5. The monoisotopic (exact) mass is 350 g/mol. The molecule has 0 aromatic rings. The van der Waals surface area contributed by atoms with Crippen molar-refractivity contribution in [2.75, 3.05) is 6.61 Å². The van der Waals surface area contributed by atoms with Crippen LogP contribution in [0.2, 0.25) is 18.1 Å². The lowest BCUT2D eigenvalue weighted by atomic mass is 9.91. The van der Waals surface area contributed by atoms with Gasteiger partial charge in [-0.2, -0.15) is 0 Å². The van der Waals surface area contributed by atoms with Crippen LogP contribution in [0.15, 0.2) is 12.2 Å². The summed E-state index contributed by atoms with van der Waals surface area (Å²) < 4.78 is 12.3. The molecular weight excluding hydrogens is 327 g/mol. The molecule has 0 N–H and O–H groups in total. The van der Waals surface area contributed by atoms with Crippen molar-refractivity contribution in [3.63, 3.8) is 0 Å². The predicted molar refractivity (Wildman–Crippen MR) is 88.8 cm³/mol. The Bertz CT molecular complexity index is 486. The maximum absolute atomic E-state index is 12.3. The average molecular weight is 351 g/mol. The third-order valence-electron chi connectivity index (χ3n) is 5.00. The Labute approximate surface area is 138 Å². The van der Waals surface area contributed by atoms with Crippen molar-refractivity contribution < 1.29 is 14.0 Å². The van der Waals surface area contributed by atoms with E-state index in [4.69, 9.17) is 32.4 Å². The lowest BCUT2D eigenvalue weighted by Gasteiger charge is -2.45. The van der Waals surface area contributed by atoms with Gasteiger partial charge >= 0.3 is 0 Å². The van der Waals surface area contributed by atoms with Crippen LogP contribution < -0.4 is 0 Å². The van der Waals surface area contributed by atoms with Crippen molar-refractivity contribution in [3.8, 4) is 0 Å². The van der Waals surface area contributed by atoms with Gasteiger partial charge in [0.2, 0.25) is 0 Å². The molecule has 2 bridgehead atoms. The lowest BCUT2D eigenvalue weighted by Crippen LogP contribution is -2.61. The van der Waals surface area contributed by atoms with Gasteiger partial charge in [-0.1, -0.05) is 26.8 Å². The summed E-state index contributed by atoms with van der Waals surface area (Å²) in [5.74, 6) is -0.184. The summed E-state index contributed by atoms with van der Waals surface area (Å²) in [5, 5.41) is -1.47. The van der Waals surface area contributed by atoms with E-state index in [0.717, 1.165) is 0 Å². The summed E-state index contributed by atoms with van der Waals surface area (Å²) in [5.41, 5.74) is -1.69. The van der Waals surface area contributed by atoms with Gasteiger partial charge < -0.3 is 9.16 Å². The van der Waals surface area contributed by atoms with Gasteiger partial charge in [0.15, 0.2) is 14.1 Å². The van der Waals surface area contributed by atoms with Crippen LogP contribution in [0, 0.1) is 0 Å². The van der Waals surface area contributed by atoms with Crippen LogP contribution in [0.1, 0.15) is 27.7 Å². The summed E-state index contributed by atoms with van der Waals surface area (Å²) in [6, 6.07) is 0. The van der Waals surface area contributed by atoms with Crippen molar-refractivity contribution in [1.29, 1.82) is 0 Å². The van der Waals surface area contributed by atoms with Gasteiger partial charge in [0.25, 0.3) is 0 Å². The van der Waals surface area contributed by atoms with Crippen molar-refractivity contribution in [2.45, 2.75) is 67.8 Å². The molecule has 1 saturated heterocycles. The first-order valence-electron chi connectivity index (χ1n) is 7.21. The Morgan fingerprint density at radius 1 is 1.29 bits per heavy atom. The Hall–Kier alpha value is 0.127. The largest absolute Gasteiger partial charge is 0.413 e. The number of hydrogen-bond donors (Lipinski definition) is 0. The molecule has 2 aliphatic rings. The maximum atomic E-state index is 12.3. The standard InChI is InChI=1S/C15H24Cl2O3Si/c1-13(2,3)21(5,6)19-9-15-8-7-14(4,20-15)11(16)10(18)12(15)17/h7-8,11-12H,9H2,1-6H3. The second-order valence-electron chi connectivity index (χ2n) is 7.75. The van der Waals surface area contributed by atoms with E-state index in [2.05, 4.69) is 33.9 Å². The molecule has 0 aromatic heterocycles. The molecule has 2 rings (SSSR count). The van der Waals surface area contributed by atoms with Crippen LogP contribution in [-0.2, 0) is 14.0 Å². The summed E-state index contributed by atoms with van der Waals surface area (Å²) in [7, 11) is -1.94. The second-order valence-corrected chi connectivity index (χ2v) is 13.4. The molecule has 3 nitrogen and oxygen atoms in total. The van der Waals surface area contributed by atoms with E-state index in [1.807, 2.05) is 19.1 Å². The molecule has 0 saturated carbocycles. The number of halogens is 2. The van der Waals surface area contributed by atoms with Crippen molar-refractivity contribution in [2.24, 2.45) is 0 Å².